The van der Waals surface area contributed by atoms with Crippen LogP contribution in [0.3, 0.4) is 0 Å². The number of rotatable bonds is 2. The van der Waals surface area contributed by atoms with Crippen molar-refractivity contribution in [2.45, 2.75) is 27.7 Å². The van der Waals surface area contributed by atoms with E-state index in [1.807, 2.05) is 6.07 Å². The molecule has 0 heterocycles. The molecule has 2 rings (SSSR count). The van der Waals surface area contributed by atoms with E-state index in [1.54, 1.807) is 0 Å². The van der Waals surface area contributed by atoms with Gasteiger partial charge < -0.3 is 5.32 Å². The maximum absolute atomic E-state index is 3.50. The lowest BCUT2D eigenvalue weighted by Gasteiger charge is -2.13. The van der Waals surface area contributed by atoms with Crippen molar-refractivity contribution < 1.29 is 0 Å². The van der Waals surface area contributed by atoms with Crippen LogP contribution in [0.15, 0.2) is 30.3 Å². The van der Waals surface area contributed by atoms with Crippen LogP contribution in [-0.2, 0) is 0 Å². The fourth-order valence-corrected chi connectivity index (χ4v) is 1.82. The Balaban J connectivity index is 2.37. The van der Waals surface area contributed by atoms with Crippen molar-refractivity contribution in [1.82, 2.24) is 0 Å². The maximum atomic E-state index is 3.50. The summed E-state index contributed by atoms with van der Waals surface area (Å²) < 4.78 is 0. The van der Waals surface area contributed by atoms with Crippen molar-refractivity contribution in [2.24, 2.45) is 0 Å². The molecule has 1 N–H and O–H groups in total. The molecule has 17 heavy (non-hydrogen) atoms. The molecule has 0 saturated heterocycles. The highest BCUT2D eigenvalue weighted by molar-refractivity contribution is 5.66. The minimum atomic E-state index is 1.16. The minimum absolute atomic E-state index is 1.16. The van der Waals surface area contributed by atoms with Gasteiger partial charge in [0.2, 0.25) is 0 Å². The van der Waals surface area contributed by atoms with E-state index in [-0.39, 0.29) is 0 Å². The van der Waals surface area contributed by atoms with Gasteiger partial charge in [-0.3, -0.25) is 0 Å². The Kier molecular flexibility index (Phi) is 3.19. The smallest absolute Gasteiger partial charge is 0.0417 e. The van der Waals surface area contributed by atoms with E-state index in [0.717, 1.165) is 11.3 Å². The molecule has 0 aromatic heterocycles. The second-order valence-electron chi connectivity index (χ2n) is 4.66. The van der Waals surface area contributed by atoms with E-state index in [0.29, 0.717) is 0 Å². The van der Waals surface area contributed by atoms with Crippen LogP contribution in [0.2, 0.25) is 0 Å². The highest BCUT2D eigenvalue weighted by Crippen LogP contribution is 2.24. The summed E-state index contributed by atoms with van der Waals surface area (Å²) in [5.74, 6) is 0. The normalized spacial score (nSPS) is 10.4. The first kappa shape index (κ1) is 11.7. The first-order valence-electron chi connectivity index (χ1n) is 5.89. The van der Waals surface area contributed by atoms with Gasteiger partial charge in [-0.15, -0.1) is 0 Å². The third kappa shape index (κ3) is 2.68. The minimum Gasteiger partial charge on any atom is -0.355 e. The molecule has 0 spiro atoms. The molecule has 0 bridgehead atoms. The number of hydrogen-bond acceptors (Lipinski definition) is 1. The topological polar surface area (TPSA) is 12.0 Å². The molecule has 0 saturated carbocycles. The van der Waals surface area contributed by atoms with E-state index in [9.17, 15) is 0 Å². The lowest BCUT2D eigenvalue weighted by molar-refractivity contribution is 1.34. The Morgan fingerprint density at radius 3 is 2.35 bits per heavy atom. The van der Waals surface area contributed by atoms with E-state index in [4.69, 9.17) is 0 Å². The predicted molar refractivity (Wildman–Crippen MR) is 74.0 cm³/mol. The summed E-state index contributed by atoms with van der Waals surface area (Å²) in [5.41, 5.74) is 7.25. The zero-order chi connectivity index (χ0) is 12.4. The summed E-state index contributed by atoms with van der Waals surface area (Å²) in [5, 5.41) is 3.50. The highest BCUT2D eigenvalue weighted by atomic mass is 14.9. The van der Waals surface area contributed by atoms with Crippen LogP contribution < -0.4 is 5.32 Å². The lowest BCUT2D eigenvalue weighted by Crippen LogP contribution is -1.96. The molecule has 0 amide bonds. The molecule has 0 aliphatic carbocycles. The summed E-state index contributed by atoms with van der Waals surface area (Å²) in [4.78, 5) is 0. The number of anilines is 2. The van der Waals surface area contributed by atoms with Crippen LogP contribution in [0.4, 0.5) is 11.4 Å². The van der Waals surface area contributed by atoms with Crippen LogP contribution in [0.5, 0.6) is 0 Å². The van der Waals surface area contributed by atoms with Crippen molar-refractivity contribution in [1.29, 1.82) is 0 Å². The molecule has 1 radical (unpaired) electrons. The SMILES string of the molecule is Cc1[c]cc(C)c(Nc2cc(C)ccc2C)c1. The van der Waals surface area contributed by atoms with Gasteiger partial charge in [0.25, 0.3) is 0 Å². The summed E-state index contributed by atoms with van der Waals surface area (Å²) in [6, 6.07) is 13.8. The molecule has 87 valence electrons. The molecule has 1 heteroatoms. The number of aryl methyl sites for hydroxylation is 4. The van der Waals surface area contributed by atoms with Gasteiger partial charge in [0, 0.05) is 11.4 Å². The molecule has 1 nitrogen and oxygen atoms in total. The van der Waals surface area contributed by atoms with Gasteiger partial charge in [-0.05, 0) is 74.2 Å². The van der Waals surface area contributed by atoms with Crippen LogP contribution in [0.25, 0.3) is 0 Å². The molecule has 0 aliphatic heterocycles. The molecule has 0 unspecified atom stereocenters. The van der Waals surface area contributed by atoms with Gasteiger partial charge in [0.15, 0.2) is 0 Å². The molecular weight excluding hydrogens is 206 g/mol. The summed E-state index contributed by atoms with van der Waals surface area (Å²) in [6.45, 7) is 8.40. The van der Waals surface area contributed by atoms with E-state index in [2.05, 4.69) is 63.3 Å². The molecule has 0 aliphatic rings. The maximum Gasteiger partial charge on any atom is 0.0417 e. The van der Waals surface area contributed by atoms with Crippen LogP contribution in [0, 0.1) is 33.8 Å². The summed E-state index contributed by atoms with van der Waals surface area (Å²) in [6.07, 6.45) is 0. The van der Waals surface area contributed by atoms with Crippen LogP contribution in [-0.4, -0.2) is 0 Å². The summed E-state index contributed by atoms with van der Waals surface area (Å²) >= 11 is 0. The van der Waals surface area contributed by atoms with Gasteiger partial charge in [-0.1, -0.05) is 12.1 Å². The third-order valence-electron chi connectivity index (χ3n) is 2.96. The fourth-order valence-electron chi connectivity index (χ4n) is 1.82. The lowest BCUT2D eigenvalue weighted by atomic mass is 10.1. The largest absolute Gasteiger partial charge is 0.355 e. The van der Waals surface area contributed by atoms with E-state index in [1.165, 1.54) is 22.4 Å². The van der Waals surface area contributed by atoms with Crippen LogP contribution >= 0.6 is 0 Å². The first-order chi connectivity index (χ1) is 8.06. The number of benzene rings is 2. The van der Waals surface area contributed by atoms with Gasteiger partial charge in [0.05, 0.1) is 0 Å². The van der Waals surface area contributed by atoms with Crippen molar-refractivity contribution in [3.8, 4) is 0 Å². The third-order valence-corrected chi connectivity index (χ3v) is 2.96. The zero-order valence-corrected chi connectivity index (χ0v) is 10.9. The Morgan fingerprint density at radius 2 is 1.59 bits per heavy atom. The number of nitrogens with one attached hydrogen (secondary N) is 1. The quantitative estimate of drug-likeness (QED) is 0.794. The Labute approximate surface area is 103 Å². The zero-order valence-electron chi connectivity index (χ0n) is 10.9. The molecule has 2 aromatic carbocycles. The Bertz CT molecular complexity index is 492. The second kappa shape index (κ2) is 4.62. The molecule has 0 atom stereocenters. The fraction of sp³-hybridized carbons (Fsp3) is 0.250. The first-order valence-corrected chi connectivity index (χ1v) is 5.89. The standard InChI is InChI=1S/C16H18N/c1-11-5-7-13(3)15(9-11)17-16-10-12(2)6-8-14(16)4/h5,7-10,17H,1-4H3. The van der Waals surface area contributed by atoms with Crippen LogP contribution in [0.1, 0.15) is 22.3 Å². The molecule has 0 fully saturated rings. The monoisotopic (exact) mass is 224 g/mol. The highest BCUT2D eigenvalue weighted by Gasteiger charge is 2.02. The average Bonchev–Trinajstić information content (AvgIpc) is 2.28. The second-order valence-corrected chi connectivity index (χ2v) is 4.66. The predicted octanol–water partition coefficient (Wildman–Crippen LogP) is 4.46. The molecular formula is C16H18N. The average molecular weight is 224 g/mol. The van der Waals surface area contributed by atoms with Gasteiger partial charge >= 0.3 is 0 Å². The van der Waals surface area contributed by atoms with Gasteiger partial charge in [-0.25, -0.2) is 0 Å². The van der Waals surface area contributed by atoms with Crippen molar-refractivity contribution in [2.75, 3.05) is 5.32 Å². The van der Waals surface area contributed by atoms with Crippen molar-refractivity contribution >= 4 is 11.4 Å². The van der Waals surface area contributed by atoms with Crippen molar-refractivity contribution in [3.63, 3.8) is 0 Å². The molecule has 2 aromatic rings. The number of hydrogen-bond donors (Lipinski definition) is 1. The van der Waals surface area contributed by atoms with Gasteiger partial charge in [-0.2, -0.15) is 0 Å². The van der Waals surface area contributed by atoms with Gasteiger partial charge in [0.1, 0.15) is 0 Å². The Morgan fingerprint density at radius 1 is 0.882 bits per heavy atom. The Hall–Kier alpha value is -1.76. The van der Waals surface area contributed by atoms with Crippen molar-refractivity contribution in [3.05, 3.63) is 58.7 Å². The summed E-state index contributed by atoms with van der Waals surface area (Å²) in [7, 11) is 0. The van der Waals surface area contributed by atoms with E-state index < -0.39 is 0 Å². The van der Waals surface area contributed by atoms with E-state index >= 15 is 0 Å².